The molecule has 4 nitrogen and oxygen atoms in total. The summed E-state index contributed by atoms with van der Waals surface area (Å²) in [5.41, 5.74) is 9.80. The molecule has 0 aliphatic heterocycles. The quantitative estimate of drug-likeness (QED) is 0.0536. The monoisotopic (exact) mass is 706 g/mol. The Morgan fingerprint density at radius 2 is 1.04 bits per heavy atom. The number of aromatic amines is 1. The maximum Gasteiger partial charge on any atom is 0.204 e. The van der Waals surface area contributed by atoms with Crippen molar-refractivity contribution >= 4 is 57.3 Å². The molecule has 0 amide bonds. The predicted molar refractivity (Wildman–Crippen MR) is 221 cm³/mol. The fraction of sp³-hybridized carbons (Fsp3) is 0.156. The van der Waals surface area contributed by atoms with Gasteiger partial charge in [-0.3, -0.25) is 0 Å². The number of aromatic nitrogens is 2. The minimum Gasteiger partial charge on any atom is -0.366 e. The van der Waals surface area contributed by atoms with Crippen LogP contribution in [0.3, 0.4) is 0 Å². The summed E-state index contributed by atoms with van der Waals surface area (Å²) in [6, 6.07) is 51.8. The number of hydrogen-bond acceptors (Lipinski definition) is 4. The highest BCUT2D eigenvalue weighted by Gasteiger charge is 2.11. The van der Waals surface area contributed by atoms with Crippen molar-refractivity contribution in [3.8, 4) is 0 Å². The summed E-state index contributed by atoms with van der Waals surface area (Å²) in [7, 11) is 6.01. The van der Waals surface area contributed by atoms with Crippen LogP contribution >= 0.6 is 21.6 Å². The highest BCUT2D eigenvalue weighted by atomic mass is 33.1. The Bertz CT molecular complexity index is 1950. The van der Waals surface area contributed by atoms with Crippen molar-refractivity contribution in [3.05, 3.63) is 192 Å². The van der Waals surface area contributed by atoms with E-state index in [1.54, 1.807) is 0 Å². The molecule has 6 aromatic rings. The SMILES string of the molecule is C[n+]1ccccc1/C=C/c1ccc(N(CCSSCCN(Cc2ccccc2)c2ccc(/C=C/c3cccc[nH+]3)cc2)Cc2ccccc2)cc1. The van der Waals surface area contributed by atoms with Crippen LogP contribution in [0.25, 0.3) is 24.3 Å². The molecule has 6 heteroatoms. The van der Waals surface area contributed by atoms with E-state index in [0.717, 1.165) is 43.4 Å². The molecule has 0 unspecified atom stereocenters. The highest BCUT2D eigenvalue weighted by Crippen LogP contribution is 2.26. The number of anilines is 2. The van der Waals surface area contributed by atoms with E-state index in [1.165, 1.54) is 39.3 Å². The third-order valence-corrected chi connectivity index (χ3v) is 11.0. The van der Waals surface area contributed by atoms with Gasteiger partial charge in [-0.25, -0.2) is 9.55 Å². The zero-order chi connectivity index (χ0) is 34.9. The van der Waals surface area contributed by atoms with Crippen LogP contribution in [0.4, 0.5) is 11.4 Å². The Kier molecular flexibility index (Phi) is 13.6. The van der Waals surface area contributed by atoms with Crippen molar-refractivity contribution in [1.82, 2.24) is 0 Å². The van der Waals surface area contributed by atoms with E-state index in [-0.39, 0.29) is 0 Å². The van der Waals surface area contributed by atoms with Crippen LogP contribution in [0.1, 0.15) is 33.6 Å². The van der Waals surface area contributed by atoms with Crippen molar-refractivity contribution in [2.24, 2.45) is 7.05 Å². The summed E-state index contributed by atoms with van der Waals surface area (Å²) < 4.78 is 2.13. The van der Waals surface area contributed by atoms with Gasteiger partial charge in [-0.2, -0.15) is 0 Å². The normalized spacial score (nSPS) is 11.3. The zero-order valence-electron chi connectivity index (χ0n) is 29.2. The standard InChI is InChI=1S/C45H45N4S2/c1-47-31-11-9-17-43(47)25-19-39-22-28-45(29-23-39)49(37-41-14-6-3-7-15-41)33-35-51-50-34-32-48(36-40-12-4-2-5-13-40)44-26-20-38(21-27-44)18-24-42-16-8-10-30-46-42/h2-31H,32-37H2,1H3/q+1/p+1/b24-18+. The smallest absolute Gasteiger partial charge is 0.204 e. The number of nitrogens with zero attached hydrogens (tertiary/aromatic N) is 3. The Hall–Kier alpha value is -5.04. The third-order valence-electron chi connectivity index (χ3n) is 8.65. The number of aryl methyl sites for hydroxylation is 1. The second-order valence-electron chi connectivity index (χ2n) is 12.4. The van der Waals surface area contributed by atoms with Crippen molar-refractivity contribution in [1.29, 1.82) is 0 Å². The number of pyridine rings is 2. The largest absolute Gasteiger partial charge is 0.366 e. The van der Waals surface area contributed by atoms with E-state index in [0.29, 0.717) is 0 Å². The zero-order valence-corrected chi connectivity index (χ0v) is 30.9. The average Bonchev–Trinajstić information content (AvgIpc) is 3.19. The Labute approximate surface area is 311 Å². The molecule has 1 N–H and O–H groups in total. The lowest BCUT2D eigenvalue weighted by Crippen LogP contribution is -2.30. The molecule has 0 saturated carbocycles. The molecule has 6 rings (SSSR count). The minimum absolute atomic E-state index is 0.889. The van der Waals surface area contributed by atoms with Gasteiger partial charge in [0.25, 0.3) is 0 Å². The van der Waals surface area contributed by atoms with Crippen molar-refractivity contribution in [3.63, 3.8) is 0 Å². The molecule has 0 radical (unpaired) electrons. The van der Waals surface area contributed by atoms with Crippen LogP contribution in [0.15, 0.2) is 158 Å². The molecule has 2 heterocycles. The lowest BCUT2D eigenvalue weighted by atomic mass is 10.1. The van der Waals surface area contributed by atoms with Gasteiger partial charge in [0.1, 0.15) is 7.05 Å². The molecule has 51 heavy (non-hydrogen) atoms. The second-order valence-corrected chi connectivity index (χ2v) is 15.1. The first-order chi connectivity index (χ1) is 25.2. The van der Waals surface area contributed by atoms with E-state index < -0.39 is 0 Å². The molecule has 2 aromatic heterocycles. The molecule has 0 spiro atoms. The lowest BCUT2D eigenvalue weighted by molar-refractivity contribution is -0.673. The summed E-state index contributed by atoms with van der Waals surface area (Å²) in [6.45, 7) is 3.73. The first kappa shape index (κ1) is 35.8. The predicted octanol–water partition coefficient (Wildman–Crippen LogP) is 9.76. The van der Waals surface area contributed by atoms with Crippen LogP contribution in [-0.4, -0.2) is 24.6 Å². The minimum atomic E-state index is 0.889. The first-order valence-electron chi connectivity index (χ1n) is 17.5. The number of rotatable bonds is 17. The van der Waals surface area contributed by atoms with Crippen molar-refractivity contribution in [2.75, 3.05) is 34.4 Å². The summed E-state index contributed by atoms with van der Waals surface area (Å²) in [5, 5.41) is 0. The maximum absolute atomic E-state index is 3.27. The highest BCUT2D eigenvalue weighted by molar-refractivity contribution is 8.76. The molecule has 0 saturated heterocycles. The Morgan fingerprint density at radius 3 is 1.55 bits per heavy atom. The van der Waals surface area contributed by atoms with Crippen LogP contribution in [0.2, 0.25) is 0 Å². The van der Waals surface area contributed by atoms with Crippen LogP contribution < -0.4 is 19.4 Å². The number of benzene rings is 4. The van der Waals surface area contributed by atoms with Crippen LogP contribution in [-0.2, 0) is 20.1 Å². The van der Waals surface area contributed by atoms with Gasteiger partial charge in [-0.05, 0) is 70.8 Å². The van der Waals surface area contributed by atoms with Gasteiger partial charge in [-0.1, -0.05) is 107 Å². The van der Waals surface area contributed by atoms with E-state index in [1.807, 2.05) is 39.9 Å². The van der Waals surface area contributed by atoms with Crippen molar-refractivity contribution in [2.45, 2.75) is 13.1 Å². The summed E-state index contributed by atoms with van der Waals surface area (Å²) in [4.78, 5) is 8.26. The average molecular weight is 707 g/mol. The van der Waals surface area contributed by atoms with E-state index in [2.05, 4.69) is 190 Å². The molecule has 0 bridgehead atoms. The fourth-order valence-electron chi connectivity index (χ4n) is 5.80. The molecule has 0 aliphatic carbocycles. The molecular formula is C45H46N4S2+2. The van der Waals surface area contributed by atoms with Gasteiger partial charge < -0.3 is 9.80 Å². The summed E-state index contributed by atoms with van der Waals surface area (Å²) in [6.07, 6.45) is 12.7. The molecule has 0 aliphatic rings. The van der Waals surface area contributed by atoms with Crippen LogP contribution in [0.5, 0.6) is 0 Å². The van der Waals surface area contributed by atoms with E-state index in [4.69, 9.17) is 0 Å². The number of H-pyrrole nitrogens is 1. The number of hydrogen-bond donors (Lipinski definition) is 0. The molecule has 256 valence electrons. The molecule has 0 fully saturated rings. The molecular weight excluding hydrogens is 661 g/mol. The van der Waals surface area contributed by atoms with Crippen LogP contribution in [0, 0.1) is 0 Å². The lowest BCUT2D eigenvalue weighted by Gasteiger charge is -2.26. The van der Waals surface area contributed by atoms with E-state index >= 15 is 0 Å². The Morgan fingerprint density at radius 1 is 0.529 bits per heavy atom. The molecule has 4 aromatic carbocycles. The molecule has 0 atom stereocenters. The first-order valence-corrected chi connectivity index (χ1v) is 20.0. The third kappa shape index (κ3) is 11.5. The summed E-state index contributed by atoms with van der Waals surface area (Å²) >= 11 is 0. The van der Waals surface area contributed by atoms with Gasteiger partial charge in [0.15, 0.2) is 12.4 Å². The van der Waals surface area contributed by atoms with Gasteiger partial charge in [0, 0.05) is 85.5 Å². The fourth-order valence-corrected chi connectivity index (χ4v) is 7.78. The van der Waals surface area contributed by atoms with Gasteiger partial charge in [-0.15, -0.1) is 0 Å². The maximum atomic E-state index is 3.27. The van der Waals surface area contributed by atoms with E-state index in [9.17, 15) is 0 Å². The van der Waals surface area contributed by atoms with Gasteiger partial charge in [0.05, 0.1) is 0 Å². The van der Waals surface area contributed by atoms with Crippen molar-refractivity contribution < 1.29 is 9.55 Å². The number of nitrogens with one attached hydrogen (secondary N) is 1. The topological polar surface area (TPSA) is 24.5 Å². The van der Waals surface area contributed by atoms with Gasteiger partial charge >= 0.3 is 0 Å². The second kappa shape index (κ2) is 19.4. The summed E-state index contributed by atoms with van der Waals surface area (Å²) in [5.74, 6) is 2.09. The Balaban J connectivity index is 1.04. The van der Waals surface area contributed by atoms with Gasteiger partial charge in [0.2, 0.25) is 11.4 Å².